The first-order chi connectivity index (χ1) is 7.59. The molecular weight excluding hydrogens is 220 g/mol. The molecule has 1 heterocycles. The first-order valence-corrected chi connectivity index (χ1v) is 6.53. The summed E-state index contributed by atoms with van der Waals surface area (Å²) in [6.07, 6.45) is 0. The topological polar surface area (TPSA) is 41.1 Å². The Kier molecular flexibility index (Phi) is 5.49. The standard InChI is InChI=1S/C12H20N2OS/c1-9(2)4-14-12(15)6-13-5-11-8-16-7-10(11)3/h7-9,13H,4-6H2,1-3H3,(H,14,15). The third-order valence-electron chi connectivity index (χ3n) is 2.27. The fraction of sp³-hybridized carbons (Fsp3) is 0.583. The largest absolute Gasteiger partial charge is 0.355 e. The number of nitrogens with one attached hydrogen (secondary N) is 2. The van der Waals surface area contributed by atoms with Crippen molar-refractivity contribution in [1.82, 2.24) is 10.6 Å². The van der Waals surface area contributed by atoms with Crippen molar-refractivity contribution in [3.63, 3.8) is 0 Å². The Labute approximate surface area is 101 Å². The van der Waals surface area contributed by atoms with Crippen LogP contribution in [0.3, 0.4) is 0 Å². The second-order valence-electron chi connectivity index (χ2n) is 4.38. The molecule has 0 radical (unpaired) electrons. The average molecular weight is 240 g/mol. The third kappa shape index (κ3) is 4.77. The second kappa shape index (κ2) is 6.66. The maximum absolute atomic E-state index is 11.4. The van der Waals surface area contributed by atoms with E-state index in [-0.39, 0.29) is 5.91 Å². The monoisotopic (exact) mass is 240 g/mol. The average Bonchev–Trinajstić information content (AvgIpc) is 2.61. The number of aryl methyl sites for hydroxylation is 1. The van der Waals surface area contributed by atoms with Crippen LogP contribution in [0.1, 0.15) is 25.0 Å². The summed E-state index contributed by atoms with van der Waals surface area (Å²) in [6, 6.07) is 0. The molecule has 2 N–H and O–H groups in total. The quantitative estimate of drug-likeness (QED) is 0.797. The second-order valence-corrected chi connectivity index (χ2v) is 5.13. The molecule has 3 nitrogen and oxygen atoms in total. The van der Waals surface area contributed by atoms with Crippen LogP contribution in [0, 0.1) is 12.8 Å². The van der Waals surface area contributed by atoms with Crippen LogP contribution in [-0.2, 0) is 11.3 Å². The highest BCUT2D eigenvalue weighted by atomic mass is 32.1. The van der Waals surface area contributed by atoms with Gasteiger partial charge in [0, 0.05) is 13.1 Å². The molecule has 1 rings (SSSR count). The third-order valence-corrected chi connectivity index (χ3v) is 3.18. The molecule has 1 aromatic heterocycles. The number of carbonyl (C=O) groups excluding carboxylic acids is 1. The number of hydrogen-bond donors (Lipinski definition) is 2. The van der Waals surface area contributed by atoms with Crippen molar-refractivity contribution in [2.75, 3.05) is 13.1 Å². The Balaban J connectivity index is 2.16. The van der Waals surface area contributed by atoms with Gasteiger partial charge in [-0.1, -0.05) is 13.8 Å². The van der Waals surface area contributed by atoms with Gasteiger partial charge < -0.3 is 10.6 Å². The van der Waals surface area contributed by atoms with Crippen molar-refractivity contribution in [3.8, 4) is 0 Å². The molecule has 1 amide bonds. The van der Waals surface area contributed by atoms with Crippen LogP contribution in [0.25, 0.3) is 0 Å². The summed E-state index contributed by atoms with van der Waals surface area (Å²) < 4.78 is 0. The highest BCUT2D eigenvalue weighted by Crippen LogP contribution is 2.12. The molecule has 1 aromatic rings. The molecular formula is C12H20N2OS. The van der Waals surface area contributed by atoms with E-state index in [2.05, 4.69) is 42.2 Å². The van der Waals surface area contributed by atoms with Crippen LogP contribution in [0.5, 0.6) is 0 Å². The van der Waals surface area contributed by atoms with E-state index < -0.39 is 0 Å². The molecule has 0 fully saturated rings. The van der Waals surface area contributed by atoms with Crippen LogP contribution in [0.4, 0.5) is 0 Å². The molecule has 0 bridgehead atoms. The van der Waals surface area contributed by atoms with Crippen molar-refractivity contribution in [3.05, 3.63) is 21.9 Å². The van der Waals surface area contributed by atoms with Gasteiger partial charge in [-0.25, -0.2) is 0 Å². The molecule has 0 atom stereocenters. The SMILES string of the molecule is Cc1cscc1CNCC(=O)NCC(C)C. The molecule has 0 spiro atoms. The lowest BCUT2D eigenvalue weighted by Crippen LogP contribution is -2.35. The van der Waals surface area contributed by atoms with E-state index in [0.29, 0.717) is 12.5 Å². The van der Waals surface area contributed by atoms with Gasteiger partial charge in [0.1, 0.15) is 0 Å². The van der Waals surface area contributed by atoms with Gasteiger partial charge in [0.25, 0.3) is 0 Å². The molecule has 90 valence electrons. The zero-order valence-corrected chi connectivity index (χ0v) is 11.0. The first-order valence-electron chi connectivity index (χ1n) is 5.58. The highest BCUT2D eigenvalue weighted by Gasteiger charge is 2.03. The van der Waals surface area contributed by atoms with Gasteiger partial charge in [0.2, 0.25) is 5.91 Å². The maximum Gasteiger partial charge on any atom is 0.233 e. The number of carbonyl (C=O) groups is 1. The van der Waals surface area contributed by atoms with E-state index >= 15 is 0 Å². The fourth-order valence-electron chi connectivity index (χ4n) is 1.26. The summed E-state index contributed by atoms with van der Waals surface area (Å²) in [5, 5.41) is 10.3. The van der Waals surface area contributed by atoms with Crippen molar-refractivity contribution in [2.45, 2.75) is 27.3 Å². The maximum atomic E-state index is 11.4. The van der Waals surface area contributed by atoms with E-state index in [1.165, 1.54) is 11.1 Å². The van der Waals surface area contributed by atoms with Crippen molar-refractivity contribution >= 4 is 17.2 Å². The minimum Gasteiger partial charge on any atom is -0.355 e. The van der Waals surface area contributed by atoms with Crippen LogP contribution >= 0.6 is 11.3 Å². The zero-order chi connectivity index (χ0) is 12.0. The molecule has 0 saturated heterocycles. The van der Waals surface area contributed by atoms with E-state index in [9.17, 15) is 4.79 Å². The minimum atomic E-state index is 0.0709. The summed E-state index contributed by atoms with van der Waals surface area (Å²) in [4.78, 5) is 11.4. The Morgan fingerprint density at radius 3 is 2.75 bits per heavy atom. The molecule has 0 saturated carbocycles. The highest BCUT2D eigenvalue weighted by molar-refractivity contribution is 7.08. The zero-order valence-electron chi connectivity index (χ0n) is 10.2. The van der Waals surface area contributed by atoms with Gasteiger partial charge in [-0.15, -0.1) is 0 Å². The summed E-state index contributed by atoms with van der Waals surface area (Å²) in [6.45, 7) is 8.17. The van der Waals surface area contributed by atoms with Crippen molar-refractivity contribution < 1.29 is 4.79 Å². The Bertz CT molecular complexity index is 334. The minimum absolute atomic E-state index is 0.0709. The summed E-state index contributed by atoms with van der Waals surface area (Å²) in [5.41, 5.74) is 2.57. The van der Waals surface area contributed by atoms with Gasteiger partial charge in [0.05, 0.1) is 6.54 Å². The van der Waals surface area contributed by atoms with Crippen LogP contribution < -0.4 is 10.6 Å². The van der Waals surface area contributed by atoms with Crippen molar-refractivity contribution in [2.24, 2.45) is 5.92 Å². The van der Waals surface area contributed by atoms with E-state index in [1.54, 1.807) is 11.3 Å². The number of hydrogen-bond acceptors (Lipinski definition) is 3. The Hall–Kier alpha value is -0.870. The van der Waals surface area contributed by atoms with Gasteiger partial charge in [-0.05, 0) is 34.7 Å². The lowest BCUT2D eigenvalue weighted by Gasteiger charge is -2.08. The van der Waals surface area contributed by atoms with Gasteiger partial charge in [0.15, 0.2) is 0 Å². The van der Waals surface area contributed by atoms with Crippen LogP contribution in [0.2, 0.25) is 0 Å². The Morgan fingerprint density at radius 1 is 1.44 bits per heavy atom. The van der Waals surface area contributed by atoms with E-state index in [4.69, 9.17) is 0 Å². The van der Waals surface area contributed by atoms with Crippen LogP contribution in [0.15, 0.2) is 10.8 Å². The predicted molar refractivity (Wildman–Crippen MR) is 68.6 cm³/mol. The van der Waals surface area contributed by atoms with Gasteiger partial charge in [-0.3, -0.25) is 4.79 Å². The van der Waals surface area contributed by atoms with Crippen molar-refractivity contribution in [1.29, 1.82) is 0 Å². The van der Waals surface area contributed by atoms with Gasteiger partial charge in [-0.2, -0.15) is 11.3 Å². The Morgan fingerprint density at radius 2 is 2.19 bits per heavy atom. The predicted octanol–water partition coefficient (Wildman–Crippen LogP) is 1.92. The van der Waals surface area contributed by atoms with E-state index in [1.807, 2.05) is 0 Å². The van der Waals surface area contributed by atoms with Gasteiger partial charge >= 0.3 is 0 Å². The summed E-state index contributed by atoms with van der Waals surface area (Å²) in [7, 11) is 0. The molecule has 0 aliphatic rings. The summed E-state index contributed by atoms with van der Waals surface area (Å²) >= 11 is 1.70. The number of thiophene rings is 1. The smallest absolute Gasteiger partial charge is 0.233 e. The molecule has 4 heteroatoms. The normalized spacial score (nSPS) is 10.8. The lowest BCUT2D eigenvalue weighted by molar-refractivity contribution is -0.120. The molecule has 0 aromatic carbocycles. The molecule has 16 heavy (non-hydrogen) atoms. The van der Waals surface area contributed by atoms with Crippen LogP contribution in [-0.4, -0.2) is 19.0 Å². The molecule has 0 unspecified atom stereocenters. The molecule has 0 aliphatic heterocycles. The lowest BCUT2D eigenvalue weighted by atomic mass is 10.2. The van der Waals surface area contributed by atoms with E-state index in [0.717, 1.165) is 13.1 Å². The number of amides is 1. The fourth-order valence-corrected chi connectivity index (χ4v) is 2.12. The molecule has 0 aliphatic carbocycles. The summed E-state index contributed by atoms with van der Waals surface area (Å²) in [5.74, 6) is 0.574. The number of rotatable bonds is 6. The first kappa shape index (κ1) is 13.2.